The Morgan fingerprint density at radius 2 is 1.76 bits per heavy atom. The van der Waals surface area contributed by atoms with E-state index < -0.39 is 6.03 Å². The summed E-state index contributed by atoms with van der Waals surface area (Å²) in [6, 6.07) is 11.3. The molecule has 2 amide bonds. The Morgan fingerprint density at radius 1 is 1.00 bits per heavy atom. The van der Waals surface area contributed by atoms with Gasteiger partial charge in [-0.2, -0.15) is 0 Å². The van der Waals surface area contributed by atoms with E-state index in [1.54, 1.807) is 23.6 Å². The van der Waals surface area contributed by atoms with Crippen LogP contribution in [0.2, 0.25) is 0 Å². The summed E-state index contributed by atoms with van der Waals surface area (Å²) in [7, 11) is 0. The predicted octanol–water partition coefficient (Wildman–Crippen LogP) is 4.97. The Bertz CT molecular complexity index is 969. The van der Waals surface area contributed by atoms with Gasteiger partial charge in [0.25, 0.3) is 0 Å². The van der Waals surface area contributed by atoms with E-state index in [9.17, 15) is 9.18 Å². The number of urea groups is 1. The lowest BCUT2D eigenvalue weighted by Crippen LogP contribution is -2.29. The molecule has 6 nitrogen and oxygen atoms in total. The van der Waals surface area contributed by atoms with E-state index in [0.717, 1.165) is 30.9 Å². The van der Waals surface area contributed by atoms with Crippen molar-refractivity contribution < 1.29 is 9.18 Å². The van der Waals surface area contributed by atoms with Crippen LogP contribution in [0.3, 0.4) is 0 Å². The molecule has 29 heavy (non-hydrogen) atoms. The van der Waals surface area contributed by atoms with Crippen LogP contribution in [0.25, 0.3) is 10.6 Å². The van der Waals surface area contributed by atoms with Crippen molar-refractivity contribution in [2.45, 2.75) is 25.8 Å². The molecule has 1 aromatic carbocycles. The lowest BCUT2D eigenvalue weighted by Gasteiger charge is -2.26. The maximum atomic E-state index is 13.1. The molecule has 1 saturated heterocycles. The average Bonchev–Trinajstić information content (AvgIpc) is 3.18. The molecule has 0 unspecified atom stereocenters. The van der Waals surface area contributed by atoms with E-state index in [4.69, 9.17) is 0 Å². The van der Waals surface area contributed by atoms with Gasteiger partial charge in [-0.3, -0.25) is 15.5 Å². The number of carbonyl (C=O) groups is 1. The third-order valence-corrected chi connectivity index (χ3v) is 5.61. The molecule has 0 saturated carbocycles. The number of amides is 2. The van der Waals surface area contributed by atoms with Crippen molar-refractivity contribution >= 4 is 29.0 Å². The highest BCUT2D eigenvalue weighted by molar-refractivity contribution is 7.13. The topological polar surface area (TPSA) is 70.2 Å². The number of nitrogens with one attached hydrogen (secondary N) is 2. The molecule has 1 fully saturated rings. The van der Waals surface area contributed by atoms with Crippen LogP contribution in [0.5, 0.6) is 0 Å². The molecular formula is C21H22FN5OS. The van der Waals surface area contributed by atoms with Gasteiger partial charge in [0.2, 0.25) is 0 Å². The fourth-order valence-electron chi connectivity index (χ4n) is 3.30. The van der Waals surface area contributed by atoms with E-state index in [0.29, 0.717) is 16.6 Å². The van der Waals surface area contributed by atoms with Crippen LogP contribution >= 0.6 is 11.3 Å². The number of pyridine rings is 1. The molecule has 3 heterocycles. The second kappa shape index (κ2) is 9.11. The molecule has 1 aliphatic heterocycles. The molecule has 1 aliphatic rings. The number of hydrogen-bond donors (Lipinski definition) is 2. The standard InChI is InChI=1S/C21H22FN5OS/c22-16-9-7-15(8-10-16)20-24-19(14-29-20)26-21(28)25-18-6-4-5-17(23-18)13-27-11-2-1-3-12-27/h4-10,14H,1-3,11-13H2,(H2,23,25,26,28). The maximum absolute atomic E-state index is 13.1. The van der Waals surface area contributed by atoms with E-state index in [2.05, 4.69) is 25.5 Å². The maximum Gasteiger partial charge on any atom is 0.326 e. The Morgan fingerprint density at radius 3 is 2.55 bits per heavy atom. The first-order chi connectivity index (χ1) is 14.2. The van der Waals surface area contributed by atoms with Crippen molar-refractivity contribution in [3.8, 4) is 10.6 Å². The van der Waals surface area contributed by atoms with Crippen molar-refractivity contribution in [1.82, 2.24) is 14.9 Å². The number of rotatable bonds is 5. The summed E-state index contributed by atoms with van der Waals surface area (Å²) in [5.41, 5.74) is 1.74. The van der Waals surface area contributed by atoms with Crippen LogP contribution in [0, 0.1) is 5.82 Å². The molecule has 0 bridgehead atoms. The van der Waals surface area contributed by atoms with Crippen LogP contribution in [0.4, 0.5) is 20.8 Å². The van der Waals surface area contributed by atoms with Crippen LogP contribution in [0.1, 0.15) is 25.0 Å². The van der Waals surface area contributed by atoms with Crippen molar-refractivity contribution in [3.05, 3.63) is 59.4 Å². The number of halogens is 1. The van der Waals surface area contributed by atoms with Crippen LogP contribution in [-0.2, 0) is 6.54 Å². The smallest absolute Gasteiger partial charge is 0.298 e. The Kier molecular flexibility index (Phi) is 6.12. The molecule has 0 atom stereocenters. The molecule has 4 rings (SSSR count). The highest BCUT2D eigenvalue weighted by Crippen LogP contribution is 2.26. The van der Waals surface area contributed by atoms with Crippen molar-refractivity contribution in [1.29, 1.82) is 0 Å². The Labute approximate surface area is 172 Å². The third-order valence-electron chi connectivity index (χ3n) is 4.72. The number of benzene rings is 1. The van der Waals surface area contributed by atoms with Gasteiger partial charge < -0.3 is 0 Å². The minimum Gasteiger partial charge on any atom is -0.298 e. The van der Waals surface area contributed by atoms with Gasteiger partial charge in [0.1, 0.15) is 22.5 Å². The molecule has 0 aliphatic carbocycles. The number of piperidine rings is 1. The lowest BCUT2D eigenvalue weighted by molar-refractivity contribution is 0.218. The second-order valence-electron chi connectivity index (χ2n) is 6.97. The summed E-state index contributed by atoms with van der Waals surface area (Å²) in [5, 5.41) is 7.94. The van der Waals surface area contributed by atoms with Gasteiger partial charge in [-0.1, -0.05) is 12.5 Å². The van der Waals surface area contributed by atoms with Gasteiger partial charge >= 0.3 is 6.03 Å². The van der Waals surface area contributed by atoms with Gasteiger partial charge in [-0.25, -0.2) is 19.2 Å². The highest BCUT2D eigenvalue weighted by atomic mass is 32.1. The van der Waals surface area contributed by atoms with Gasteiger partial charge in [0.05, 0.1) is 5.69 Å². The summed E-state index contributed by atoms with van der Waals surface area (Å²) in [6.07, 6.45) is 3.76. The van der Waals surface area contributed by atoms with Crippen molar-refractivity contribution in [2.75, 3.05) is 23.7 Å². The van der Waals surface area contributed by atoms with Gasteiger partial charge in [0, 0.05) is 17.5 Å². The highest BCUT2D eigenvalue weighted by Gasteiger charge is 2.12. The molecular weight excluding hydrogens is 389 g/mol. The Balaban J connectivity index is 1.35. The fraction of sp³-hybridized carbons (Fsp3) is 0.286. The quantitative estimate of drug-likeness (QED) is 0.622. The molecule has 3 aromatic rings. The van der Waals surface area contributed by atoms with E-state index in [1.165, 1.54) is 42.7 Å². The van der Waals surface area contributed by atoms with E-state index in [-0.39, 0.29) is 5.82 Å². The zero-order valence-corrected chi connectivity index (χ0v) is 16.7. The monoisotopic (exact) mass is 411 g/mol. The number of nitrogens with zero attached hydrogens (tertiary/aromatic N) is 3. The molecule has 0 spiro atoms. The largest absolute Gasteiger partial charge is 0.326 e. The van der Waals surface area contributed by atoms with E-state index >= 15 is 0 Å². The zero-order chi connectivity index (χ0) is 20.1. The minimum atomic E-state index is -0.399. The zero-order valence-electron chi connectivity index (χ0n) is 15.9. The first kappa shape index (κ1) is 19.5. The summed E-state index contributed by atoms with van der Waals surface area (Å²) >= 11 is 1.38. The predicted molar refractivity (Wildman–Crippen MR) is 114 cm³/mol. The first-order valence-electron chi connectivity index (χ1n) is 9.63. The van der Waals surface area contributed by atoms with Crippen LogP contribution in [0.15, 0.2) is 47.8 Å². The Hall–Kier alpha value is -2.84. The number of hydrogen-bond acceptors (Lipinski definition) is 5. The summed E-state index contributed by atoms with van der Waals surface area (Å²) in [4.78, 5) is 23.6. The van der Waals surface area contributed by atoms with Crippen LogP contribution in [-0.4, -0.2) is 34.0 Å². The lowest BCUT2D eigenvalue weighted by atomic mass is 10.1. The number of aromatic nitrogens is 2. The number of carbonyl (C=O) groups excluding carboxylic acids is 1. The number of anilines is 2. The molecule has 0 radical (unpaired) electrons. The van der Waals surface area contributed by atoms with E-state index in [1.807, 2.05) is 12.1 Å². The van der Waals surface area contributed by atoms with Crippen molar-refractivity contribution in [3.63, 3.8) is 0 Å². The summed E-state index contributed by atoms with van der Waals surface area (Å²) < 4.78 is 13.1. The van der Waals surface area contributed by atoms with Gasteiger partial charge in [-0.05, 0) is 62.3 Å². The second-order valence-corrected chi connectivity index (χ2v) is 7.83. The van der Waals surface area contributed by atoms with Gasteiger partial charge in [-0.15, -0.1) is 11.3 Å². The SMILES string of the molecule is O=C(Nc1cccc(CN2CCCCC2)n1)Nc1csc(-c2ccc(F)cc2)n1. The minimum absolute atomic E-state index is 0.293. The fourth-order valence-corrected chi connectivity index (χ4v) is 4.06. The number of likely N-dealkylation sites (tertiary alicyclic amines) is 1. The molecule has 150 valence electrons. The van der Waals surface area contributed by atoms with Crippen molar-refractivity contribution in [2.24, 2.45) is 0 Å². The third kappa shape index (κ3) is 5.36. The first-order valence-corrected chi connectivity index (χ1v) is 10.5. The normalized spacial score (nSPS) is 14.5. The number of thiazole rings is 1. The van der Waals surface area contributed by atoms with Gasteiger partial charge in [0.15, 0.2) is 0 Å². The molecule has 8 heteroatoms. The summed E-state index contributed by atoms with van der Waals surface area (Å²) in [5.74, 6) is 0.653. The van der Waals surface area contributed by atoms with Crippen LogP contribution < -0.4 is 10.6 Å². The molecule has 2 N–H and O–H groups in total. The molecule has 2 aromatic heterocycles. The average molecular weight is 412 g/mol. The summed E-state index contributed by atoms with van der Waals surface area (Å²) in [6.45, 7) is 2.99.